The molecule has 3 aliphatic heterocycles. The van der Waals surface area contributed by atoms with Crippen molar-refractivity contribution in [1.29, 1.82) is 0 Å². The number of hydrogen-bond donors (Lipinski definition) is 2. The summed E-state index contributed by atoms with van der Waals surface area (Å²) in [7, 11) is 0. The minimum atomic E-state index is 0. The quantitative estimate of drug-likeness (QED) is 0.673. The lowest BCUT2D eigenvalue weighted by Crippen LogP contribution is -2.56. The summed E-state index contributed by atoms with van der Waals surface area (Å²) >= 11 is 0. The number of rotatable bonds is 2. The van der Waals surface area contributed by atoms with Crippen molar-refractivity contribution >= 4 is 12.4 Å². The van der Waals surface area contributed by atoms with Gasteiger partial charge in [0.25, 0.3) is 0 Å². The number of halogens is 1. The molecule has 3 nitrogen and oxygen atoms in total. The van der Waals surface area contributed by atoms with Crippen LogP contribution in [0.25, 0.3) is 0 Å². The average Bonchev–Trinajstić information content (AvgIpc) is 2.18. The van der Waals surface area contributed by atoms with Gasteiger partial charge in [-0.2, -0.15) is 0 Å². The Morgan fingerprint density at radius 2 is 2.23 bits per heavy atom. The zero-order chi connectivity index (χ0) is 8.55. The largest absolute Gasteiger partial charge is 0.396 e. The van der Waals surface area contributed by atoms with E-state index < -0.39 is 0 Å². The lowest BCUT2D eigenvalue weighted by atomic mass is 9.76. The van der Waals surface area contributed by atoms with Crippen molar-refractivity contribution in [2.45, 2.75) is 18.9 Å². The topological polar surface area (TPSA) is 49.5 Å². The standard InChI is InChI=1S/C9H18N2O.ClH/c10-4-9-3-7-1-2-11(9)5-8(7)6-12;/h7-9,12H,1-6,10H2;1H/t7-,8+,9-;/m0./s1. The summed E-state index contributed by atoms with van der Waals surface area (Å²) in [5.41, 5.74) is 5.67. The zero-order valence-corrected chi connectivity index (χ0v) is 8.67. The summed E-state index contributed by atoms with van der Waals surface area (Å²) in [6.07, 6.45) is 2.48. The molecule has 2 bridgehead atoms. The Morgan fingerprint density at radius 3 is 2.69 bits per heavy atom. The third kappa shape index (κ3) is 1.99. The van der Waals surface area contributed by atoms with Gasteiger partial charge in [-0.05, 0) is 31.2 Å². The summed E-state index contributed by atoms with van der Waals surface area (Å²) in [5.74, 6) is 1.27. The number of aliphatic hydroxyl groups excluding tert-OH is 1. The van der Waals surface area contributed by atoms with Crippen LogP contribution in [0, 0.1) is 11.8 Å². The van der Waals surface area contributed by atoms with Crippen LogP contribution in [0.4, 0.5) is 0 Å². The molecule has 4 heteroatoms. The lowest BCUT2D eigenvalue weighted by molar-refractivity contribution is -0.0170. The molecule has 0 spiro atoms. The van der Waals surface area contributed by atoms with Gasteiger partial charge >= 0.3 is 0 Å². The molecule has 3 aliphatic rings. The molecule has 0 aromatic carbocycles. The molecule has 3 fully saturated rings. The summed E-state index contributed by atoms with van der Waals surface area (Å²) in [5, 5.41) is 9.11. The minimum Gasteiger partial charge on any atom is -0.396 e. The van der Waals surface area contributed by atoms with E-state index in [1.165, 1.54) is 19.4 Å². The Labute approximate surface area is 85.7 Å². The molecule has 0 radical (unpaired) electrons. The molecule has 78 valence electrons. The highest BCUT2D eigenvalue weighted by atomic mass is 35.5. The van der Waals surface area contributed by atoms with Crippen LogP contribution in [0.3, 0.4) is 0 Å². The van der Waals surface area contributed by atoms with Crippen molar-refractivity contribution in [2.75, 3.05) is 26.2 Å². The predicted octanol–water partition coefficient (Wildman–Crippen LogP) is 0.0696. The van der Waals surface area contributed by atoms with Gasteiger partial charge in [-0.1, -0.05) is 0 Å². The molecule has 4 atom stereocenters. The van der Waals surface area contributed by atoms with Gasteiger partial charge < -0.3 is 10.8 Å². The van der Waals surface area contributed by atoms with Gasteiger partial charge in [0.05, 0.1) is 0 Å². The Morgan fingerprint density at radius 1 is 1.46 bits per heavy atom. The first-order valence-electron chi connectivity index (χ1n) is 4.90. The molecular formula is C9H19ClN2O. The van der Waals surface area contributed by atoms with E-state index in [-0.39, 0.29) is 12.4 Å². The fourth-order valence-electron chi connectivity index (χ4n) is 2.70. The third-order valence-corrected chi connectivity index (χ3v) is 3.52. The van der Waals surface area contributed by atoms with E-state index in [4.69, 9.17) is 10.8 Å². The number of nitrogens with two attached hydrogens (primary N) is 1. The number of piperidine rings is 3. The molecule has 1 unspecified atom stereocenters. The second kappa shape index (κ2) is 4.60. The van der Waals surface area contributed by atoms with E-state index in [0.717, 1.165) is 19.0 Å². The molecule has 3 N–H and O–H groups in total. The monoisotopic (exact) mass is 206 g/mol. The van der Waals surface area contributed by atoms with Gasteiger partial charge in [0.15, 0.2) is 0 Å². The summed E-state index contributed by atoms with van der Waals surface area (Å²) in [6.45, 7) is 3.42. The molecule has 0 aromatic heterocycles. The van der Waals surface area contributed by atoms with Crippen LogP contribution in [-0.2, 0) is 0 Å². The number of aliphatic hydroxyl groups is 1. The number of fused-ring (bicyclic) bond motifs is 3. The van der Waals surface area contributed by atoms with Gasteiger partial charge in [0, 0.05) is 25.7 Å². The fourth-order valence-corrected chi connectivity index (χ4v) is 2.70. The van der Waals surface area contributed by atoms with Crippen molar-refractivity contribution in [3.63, 3.8) is 0 Å². The first-order chi connectivity index (χ1) is 5.85. The molecule has 3 heterocycles. The van der Waals surface area contributed by atoms with Crippen molar-refractivity contribution < 1.29 is 5.11 Å². The van der Waals surface area contributed by atoms with Crippen molar-refractivity contribution in [3.05, 3.63) is 0 Å². The van der Waals surface area contributed by atoms with Crippen molar-refractivity contribution in [1.82, 2.24) is 4.90 Å². The van der Waals surface area contributed by atoms with Crippen LogP contribution >= 0.6 is 12.4 Å². The van der Waals surface area contributed by atoms with Gasteiger partial charge in [-0.25, -0.2) is 0 Å². The van der Waals surface area contributed by atoms with Crippen LogP contribution < -0.4 is 5.73 Å². The van der Waals surface area contributed by atoms with E-state index in [9.17, 15) is 0 Å². The Kier molecular flexibility index (Phi) is 3.98. The second-order valence-electron chi connectivity index (χ2n) is 4.11. The van der Waals surface area contributed by atoms with Crippen LogP contribution in [0.5, 0.6) is 0 Å². The highest BCUT2D eigenvalue weighted by Crippen LogP contribution is 2.35. The molecule has 13 heavy (non-hydrogen) atoms. The summed E-state index contributed by atoms with van der Waals surface area (Å²) < 4.78 is 0. The number of hydrogen-bond acceptors (Lipinski definition) is 3. The second-order valence-corrected chi connectivity index (χ2v) is 4.11. The van der Waals surface area contributed by atoms with Gasteiger partial charge in [0.1, 0.15) is 0 Å². The average molecular weight is 207 g/mol. The Hall–Kier alpha value is 0.170. The van der Waals surface area contributed by atoms with Crippen LogP contribution in [0.15, 0.2) is 0 Å². The normalized spacial score (nSPS) is 42.9. The molecule has 3 saturated heterocycles. The summed E-state index contributed by atoms with van der Waals surface area (Å²) in [6, 6.07) is 0.603. The molecule has 3 rings (SSSR count). The smallest absolute Gasteiger partial charge is 0.0474 e. The van der Waals surface area contributed by atoms with Crippen LogP contribution in [0.2, 0.25) is 0 Å². The van der Waals surface area contributed by atoms with Crippen molar-refractivity contribution in [2.24, 2.45) is 17.6 Å². The molecule has 0 saturated carbocycles. The molecule has 0 amide bonds. The van der Waals surface area contributed by atoms with Gasteiger partial charge in [-0.3, -0.25) is 4.90 Å². The maximum Gasteiger partial charge on any atom is 0.0474 e. The first-order valence-corrected chi connectivity index (χ1v) is 4.90. The highest BCUT2D eigenvalue weighted by Gasteiger charge is 2.38. The highest BCUT2D eigenvalue weighted by molar-refractivity contribution is 5.85. The van der Waals surface area contributed by atoms with Gasteiger partial charge in [-0.15, -0.1) is 12.4 Å². The maximum absolute atomic E-state index is 9.11. The summed E-state index contributed by atoms with van der Waals surface area (Å²) in [4.78, 5) is 2.45. The fraction of sp³-hybridized carbons (Fsp3) is 1.00. The van der Waals surface area contributed by atoms with Crippen molar-refractivity contribution in [3.8, 4) is 0 Å². The Balaban J connectivity index is 0.000000845. The minimum absolute atomic E-state index is 0. The zero-order valence-electron chi connectivity index (χ0n) is 7.85. The lowest BCUT2D eigenvalue weighted by Gasteiger charge is -2.49. The van der Waals surface area contributed by atoms with E-state index in [1.54, 1.807) is 0 Å². The van der Waals surface area contributed by atoms with E-state index in [2.05, 4.69) is 4.90 Å². The van der Waals surface area contributed by atoms with Crippen LogP contribution in [-0.4, -0.2) is 42.3 Å². The predicted molar refractivity (Wildman–Crippen MR) is 55.0 cm³/mol. The molecule has 0 aliphatic carbocycles. The molecule has 0 aromatic rings. The Bertz CT molecular complexity index is 150. The van der Waals surface area contributed by atoms with Crippen LogP contribution in [0.1, 0.15) is 12.8 Å². The maximum atomic E-state index is 9.11. The molecular weight excluding hydrogens is 188 g/mol. The first kappa shape index (κ1) is 11.2. The SMILES string of the molecule is Cl.NC[C@@H]1C[C@@H]2CCN1C[C@@H]2CO. The number of nitrogens with zero attached hydrogens (tertiary/aromatic N) is 1. The van der Waals surface area contributed by atoms with Gasteiger partial charge in [0.2, 0.25) is 0 Å². The third-order valence-electron chi connectivity index (χ3n) is 3.52. The van der Waals surface area contributed by atoms with E-state index in [1.807, 2.05) is 0 Å². The van der Waals surface area contributed by atoms with E-state index in [0.29, 0.717) is 18.6 Å². The van der Waals surface area contributed by atoms with E-state index >= 15 is 0 Å².